The largest absolute Gasteiger partial charge is 0.335 e. The summed E-state index contributed by atoms with van der Waals surface area (Å²) < 4.78 is 0. The van der Waals surface area contributed by atoms with Gasteiger partial charge in [0.25, 0.3) is 0 Å². The summed E-state index contributed by atoms with van der Waals surface area (Å²) >= 11 is 1.73. The van der Waals surface area contributed by atoms with Gasteiger partial charge in [0.2, 0.25) is 5.91 Å². The van der Waals surface area contributed by atoms with Crippen LogP contribution in [-0.4, -0.2) is 40.3 Å². The number of carbonyl (C=O) groups excluding carboxylic acids is 1. The molecule has 5 heteroatoms. The highest BCUT2D eigenvalue weighted by Crippen LogP contribution is 2.46. The third kappa shape index (κ3) is 2.76. The molecular formula is C19H23N3OS. The van der Waals surface area contributed by atoms with Gasteiger partial charge in [-0.1, -0.05) is 24.3 Å². The first-order valence-electron chi connectivity index (χ1n) is 8.57. The van der Waals surface area contributed by atoms with Crippen LogP contribution >= 0.6 is 11.3 Å². The van der Waals surface area contributed by atoms with Gasteiger partial charge < -0.3 is 4.90 Å². The Morgan fingerprint density at radius 2 is 2.12 bits per heavy atom. The van der Waals surface area contributed by atoms with Crippen LogP contribution in [-0.2, 0) is 11.3 Å². The average molecular weight is 341 g/mol. The predicted octanol–water partition coefficient (Wildman–Crippen LogP) is 3.10. The molecule has 0 saturated carbocycles. The molecule has 0 unspecified atom stereocenters. The van der Waals surface area contributed by atoms with Gasteiger partial charge in [0, 0.05) is 44.1 Å². The van der Waals surface area contributed by atoms with Gasteiger partial charge in [0.15, 0.2) is 0 Å². The molecule has 0 spiro atoms. The minimum atomic E-state index is 0.198. The van der Waals surface area contributed by atoms with E-state index in [-0.39, 0.29) is 11.9 Å². The summed E-state index contributed by atoms with van der Waals surface area (Å²) in [7, 11) is 0. The molecule has 0 N–H and O–H groups in total. The van der Waals surface area contributed by atoms with E-state index < -0.39 is 0 Å². The molecule has 2 aliphatic heterocycles. The smallest absolute Gasteiger partial charge is 0.219 e. The van der Waals surface area contributed by atoms with Gasteiger partial charge in [0.05, 0.1) is 12.6 Å². The Labute approximate surface area is 147 Å². The lowest BCUT2D eigenvalue weighted by molar-refractivity contribution is -0.130. The molecule has 3 heterocycles. The van der Waals surface area contributed by atoms with Crippen LogP contribution in [0.4, 0.5) is 0 Å². The van der Waals surface area contributed by atoms with Crippen LogP contribution in [0.25, 0.3) is 0 Å². The van der Waals surface area contributed by atoms with Crippen molar-refractivity contribution in [2.45, 2.75) is 26.4 Å². The maximum Gasteiger partial charge on any atom is 0.219 e. The molecule has 0 bridgehead atoms. The highest BCUT2D eigenvalue weighted by Gasteiger charge is 2.48. The first-order chi connectivity index (χ1) is 11.6. The van der Waals surface area contributed by atoms with E-state index in [9.17, 15) is 4.79 Å². The van der Waals surface area contributed by atoms with Crippen LogP contribution in [0.2, 0.25) is 0 Å². The van der Waals surface area contributed by atoms with Gasteiger partial charge in [-0.2, -0.15) is 0 Å². The van der Waals surface area contributed by atoms with Gasteiger partial charge in [-0.05, 0) is 24.0 Å². The third-order valence-corrected chi connectivity index (χ3v) is 6.26. The molecule has 2 aliphatic rings. The molecule has 0 radical (unpaired) electrons. The normalized spacial score (nSPS) is 26.8. The quantitative estimate of drug-likeness (QED) is 0.861. The number of amides is 1. The Bertz CT molecular complexity index is 730. The Balaban J connectivity index is 1.59. The SMILES string of the molecule is CC(=O)N1C[C@H]2CN(Cc3nccs3)C[C@H]2[C@@H]1c1ccccc1C. The fourth-order valence-electron chi connectivity index (χ4n) is 4.43. The molecule has 24 heavy (non-hydrogen) atoms. The second-order valence-corrected chi connectivity index (χ2v) is 8.00. The van der Waals surface area contributed by atoms with Crippen molar-refractivity contribution in [3.63, 3.8) is 0 Å². The minimum absolute atomic E-state index is 0.198. The molecule has 2 saturated heterocycles. The van der Waals surface area contributed by atoms with Gasteiger partial charge in [-0.3, -0.25) is 9.69 Å². The number of hydrogen-bond acceptors (Lipinski definition) is 4. The van der Waals surface area contributed by atoms with Gasteiger partial charge >= 0.3 is 0 Å². The zero-order valence-electron chi connectivity index (χ0n) is 14.2. The molecule has 4 rings (SSSR count). The van der Waals surface area contributed by atoms with Crippen molar-refractivity contribution < 1.29 is 4.79 Å². The lowest BCUT2D eigenvalue weighted by atomic mass is 9.87. The molecule has 2 fully saturated rings. The zero-order valence-corrected chi connectivity index (χ0v) is 15.0. The molecule has 1 aromatic carbocycles. The van der Waals surface area contributed by atoms with Gasteiger partial charge in [-0.15, -0.1) is 11.3 Å². The van der Waals surface area contributed by atoms with Gasteiger partial charge in [-0.25, -0.2) is 4.98 Å². The van der Waals surface area contributed by atoms with Crippen LogP contribution < -0.4 is 0 Å². The Hall–Kier alpha value is -1.72. The average Bonchev–Trinajstić information content (AvgIpc) is 3.24. The topological polar surface area (TPSA) is 36.4 Å². The van der Waals surface area contributed by atoms with Crippen LogP contribution in [0.1, 0.15) is 29.1 Å². The second kappa shape index (κ2) is 6.30. The van der Waals surface area contributed by atoms with Gasteiger partial charge in [0.1, 0.15) is 5.01 Å². The van der Waals surface area contributed by atoms with Crippen molar-refractivity contribution >= 4 is 17.2 Å². The highest BCUT2D eigenvalue weighted by atomic mass is 32.1. The maximum absolute atomic E-state index is 12.2. The molecule has 1 aromatic heterocycles. The number of aromatic nitrogens is 1. The maximum atomic E-state index is 12.2. The Kier molecular flexibility index (Phi) is 4.14. The van der Waals surface area contributed by atoms with E-state index in [0.29, 0.717) is 11.8 Å². The van der Waals surface area contributed by atoms with Crippen LogP contribution in [0, 0.1) is 18.8 Å². The lowest BCUT2D eigenvalue weighted by Crippen LogP contribution is -2.34. The summed E-state index contributed by atoms with van der Waals surface area (Å²) in [6.45, 7) is 7.80. The second-order valence-electron chi connectivity index (χ2n) is 7.02. The predicted molar refractivity (Wildman–Crippen MR) is 95.7 cm³/mol. The molecule has 2 aromatic rings. The van der Waals surface area contributed by atoms with E-state index in [1.165, 1.54) is 16.1 Å². The summed E-state index contributed by atoms with van der Waals surface area (Å²) in [6, 6.07) is 8.74. The number of benzene rings is 1. The number of nitrogens with zero attached hydrogens (tertiary/aromatic N) is 3. The van der Waals surface area contributed by atoms with Crippen molar-refractivity contribution in [3.8, 4) is 0 Å². The molecule has 4 nitrogen and oxygen atoms in total. The molecule has 126 valence electrons. The summed E-state index contributed by atoms with van der Waals surface area (Å²) in [5.74, 6) is 1.29. The number of fused-ring (bicyclic) bond motifs is 1. The third-order valence-electron chi connectivity index (χ3n) is 5.49. The molecule has 3 atom stereocenters. The van der Waals surface area contributed by atoms with Crippen molar-refractivity contribution in [2.75, 3.05) is 19.6 Å². The highest BCUT2D eigenvalue weighted by molar-refractivity contribution is 7.09. The Morgan fingerprint density at radius 3 is 2.83 bits per heavy atom. The fourth-order valence-corrected chi connectivity index (χ4v) is 5.09. The minimum Gasteiger partial charge on any atom is -0.335 e. The first kappa shape index (κ1) is 15.8. The summed E-state index contributed by atoms with van der Waals surface area (Å²) in [5.41, 5.74) is 2.60. The van der Waals surface area contributed by atoms with E-state index in [2.05, 4.69) is 46.0 Å². The summed E-state index contributed by atoms with van der Waals surface area (Å²) in [4.78, 5) is 21.2. The summed E-state index contributed by atoms with van der Waals surface area (Å²) in [6.07, 6.45) is 1.88. The number of carbonyl (C=O) groups is 1. The van der Waals surface area contributed by atoms with E-state index in [4.69, 9.17) is 0 Å². The number of rotatable bonds is 3. The van der Waals surface area contributed by atoms with Crippen LogP contribution in [0.3, 0.4) is 0 Å². The van der Waals surface area contributed by atoms with Crippen molar-refractivity contribution in [1.29, 1.82) is 0 Å². The zero-order chi connectivity index (χ0) is 16.7. The van der Waals surface area contributed by atoms with E-state index in [1.54, 1.807) is 18.3 Å². The molecule has 0 aliphatic carbocycles. The lowest BCUT2D eigenvalue weighted by Gasteiger charge is -2.30. The van der Waals surface area contributed by atoms with Crippen molar-refractivity contribution in [2.24, 2.45) is 11.8 Å². The molecular weight excluding hydrogens is 318 g/mol. The number of aryl methyl sites for hydroxylation is 1. The number of likely N-dealkylation sites (tertiary alicyclic amines) is 2. The van der Waals surface area contributed by atoms with E-state index >= 15 is 0 Å². The Morgan fingerprint density at radius 1 is 1.29 bits per heavy atom. The summed E-state index contributed by atoms with van der Waals surface area (Å²) in [5, 5.41) is 3.23. The van der Waals surface area contributed by atoms with Crippen molar-refractivity contribution in [1.82, 2.24) is 14.8 Å². The van der Waals surface area contributed by atoms with Crippen LogP contribution in [0.15, 0.2) is 35.8 Å². The molecule has 1 amide bonds. The van der Waals surface area contributed by atoms with E-state index in [0.717, 1.165) is 26.2 Å². The first-order valence-corrected chi connectivity index (χ1v) is 9.45. The number of hydrogen-bond donors (Lipinski definition) is 0. The standard InChI is InChI=1S/C19H23N3OS/c1-13-5-3-4-6-16(13)19-17-11-21(12-18-20-7-8-24-18)9-15(17)10-22(19)14(2)23/h3-8,15,17,19H,9-12H2,1-2H3/t15-,17-,19+/m1/s1. The fraction of sp³-hybridized carbons (Fsp3) is 0.474. The van der Waals surface area contributed by atoms with E-state index in [1.807, 2.05) is 11.6 Å². The van der Waals surface area contributed by atoms with Crippen molar-refractivity contribution in [3.05, 3.63) is 52.0 Å². The van der Waals surface area contributed by atoms with Crippen LogP contribution in [0.5, 0.6) is 0 Å². The monoisotopic (exact) mass is 341 g/mol. The number of thiazole rings is 1.